The molecule has 8 heteroatoms. The van der Waals surface area contributed by atoms with Gasteiger partial charge in [0, 0.05) is 12.2 Å². The van der Waals surface area contributed by atoms with Crippen molar-refractivity contribution in [3.8, 4) is 11.3 Å². The molecule has 2 aromatic heterocycles. The maximum absolute atomic E-state index is 12.5. The summed E-state index contributed by atoms with van der Waals surface area (Å²) in [6, 6.07) is 9.61. The van der Waals surface area contributed by atoms with Gasteiger partial charge in [0.25, 0.3) is 5.91 Å². The number of aromatic nitrogens is 5. The number of ether oxygens (including phenoxy) is 1. The van der Waals surface area contributed by atoms with Gasteiger partial charge in [0.1, 0.15) is 11.9 Å². The van der Waals surface area contributed by atoms with E-state index in [-0.39, 0.29) is 18.6 Å². The zero-order chi connectivity index (χ0) is 17.1. The number of carbonyl (C=O) groups is 1. The minimum absolute atomic E-state index is 0.0424. The maximum atomic E-state index is 12.5. The number of carbonyl (C=O) groups excluding carboxylic acids is 1. The molecule has 1 fully saturated rings. The minimum Gasteiger partial charge on any atom is -0.370 e. The van der Waals surface area contributed by atoms with Crippen LogP contribution in [0.3, 0.4) is 0 Å². The van der Waals surface area contributed by atoms with E-state index in [0.29, 0.717) is 22.9 Å². The van der Waals surface area contributed by atoms with Gasteiger partial charge in [0.2, 0.25) is 0 Å². The number of rotatable bonds is 5. The first kappa shape index (κ1) is 15.5. The third-order valence-electron chi connectivity index (χ3n) is 4.13. The van der Waals surface area contributed by atoms with Gasteiger partial charge in [0.05, 0.1) is 24.0 Å². The van der Waals surface area contributed by atoms with E-state index >= 15 is 0 Å². The Morgan fingerprint density at radius 1 is 1.28 bits per heavy atom. The second kappa shape index (κ2) is 6.86. The Morgan fingerprint density at radius 3 is 2.96 bits per heavy atom. The van der Waals surface area contributed by atoms with E-state index in [0.717, 1.165) is 25.0 Å². The molecular formula is C17H18N6O2. The van der Waals surface area contributed by atoms with Crippen molar-refractivity contribution >= 4 is 5.91 Å². The molecule has 8 nitrogen and oxygen atoms in total. The maximum Gasteiger partial charge on any atom is 0.255 e. The molecular weight excluding hydrogens is 320 g/mol. The Morgan fingerprint density at radius 2 is 2.16 bits per heavy atom. The molecule has 1 unspecified atom stereocenters. The van der Waals surface area contributed by atoms with Crippen LogP contribution in [0.25, 0.3) is 11.3 Å². The summed E-state index contributed by atoms with van der Waals surface area (Å²) in [5.74, 6) is 1.03. The molecule has 1 saturated heterocycles. The number of hydrogen-bond acceptors (Lipinski definition) is 5. The summed E-state index contributed by atoms with van der Waals surface area (Å²) in [6.45, 7) is 1.01. The Hall–Kier alpha value is -3.00. The normalized spacial score (nSPS) is 16.9. The highest BCUT2D eigenvalue weighted by Gasteiger charge is 2.22. The molecule has 3 N–H and O–H groups in total. The highest BCUT2D eigenvalue weighted by Crippen LogP contribution is 2.25. The van der Waals surface area contributed by atoms with Crippen molar-refractivity contribution in [1.29, 1.82) is 0 Å². The number of nitrogens with one attached hydrogen (secondary N) is 3. The topological polar surface area (TPSA) is 109 Å². The first-order chi connectivity index (χ1) is 12.3. The molecule has 3 heterocycles. The molecule has 1 aliphatic rings. The van der Waals surface area contributed by atoms with E-state index < -0.39 is 0 Å². The summed E-state index contributed by atoms with van der Waals surface area (Å²) < 4.78 is 5.56. The van der Waals surface area contributed by atoms with Gasteiger partial charge in [-0.25, -0.2) is 4.98 Å². The highest BCUT2D eigenvalue weighted by atomic mass is 16.5. The number of aromatic amines is 2. The zero-order valence-corrected chi connectivity index (χ0v) is 13.5. The second-order valence-electron chi connectivity index (χ2n) is 5.85. The summed E-state index contributed by atoms with van der Waals surface area (Å²) in [7, 11) is 0. The lowest BCUT2D eigenvalue weighted by Gasteiger charge is -2.04. The van der Waals surface area contributed by atoms with Gasteiger partial charge in [-0.3, -0.25) is 15.0 Å². The van der Waals surface area contributed by atoms with Crippen molar-refractivity contribution in [1.82, 2.24) is 30.7 Å². The lowest BCUT2D eigenvalue weighted by Crippen LogP contribution is -2.23. The van der Waals surface area contributed by atoms with E-state index in [1.54, 1.807) is 0 Å². The van der Waals surface area contributed by atoms with Crippen LogP contribution < -0.4 is 5.32 Å². The number of nitrogens with zero attached hydrogens (tertiary/aromatic N) is 3. The molecule has 3 aromatic rings. The SMILES string of the molecule is O=C(NCc1nc(C2CCCO2)n[nH]1)c1cn[nH]c1-c1ccccc1. The molecule has 0 aliphatic carbocycles. The van der Waals surface area contributed by atoms with Crippen LogP contribution in [-0.2, 0) is 11.3 Å². The number of benzene rings is 1. The third kappa shape index (κ3) is 3.29. The summed E-state index contributed by atoms with van der Waals surface area (Å²) in [5.41, 5.74) is 2.09. The predicted molar refractivity (Wildman–Crippen MR) is 89.5 cm³/mol. The largest absolute Gasteiger partial charge is 0.370 e. The molecule has 0 bridgehead atoms. The van der Waals surface area contributed by atoms with Gasteiger partial charge in [-0.1, -0.05) is 30.3 Å². The van der Waals surface area contributed by atoms with Gasteiger partial charge in [-0.2, -0.15) is 10.2 Å². The smallest absolute Gasteiger partial charge is 0.255 e. The molecule has 1 aliphatic heterocycles. The molecule has 4 rings (SSSR count). The number of H-pyrrole nitrogens is 2. The average molecular weight is 338 g/mol. The number of amides is 1. The van der Waals surface area contributed by atoms with Crippen molar-refractivity contribution < 1.29 is 9.53 Å². The summed E-state index contributed by atoms with van der Waals surface area (Å²) in [5, 5.41) is 16.7. The molecule has 1 atom stereocenters. The van der Waals surface area contributed by atoms with Gasteiger partial charge in [0.15, 0.2) is 5.82 Å². The first-order valence-corrected chi connectivity index (χ1v) is 8.21. The van der Waals surface area contributed by atoms with Crippen LogP contribution in [0.4, 0.5) is 0 Å². The fourth-order valence-electron chi connectivity index (χ4n) is 2.86. The van der Waals surface area contributed by atoms with Gasteiger partial charge < -0.3 is 10.1 Å². The summed E-state index contributed by atoms with van der Waals surface area (Å²) in [6.07, 6.45) is 3.43. The average Bonchev–Trinajstić information content (AvgIpc) is 3.41. The van der Waals surface area contributed by atoms with Crippen molar-refractivity contribution in [3.05, 3.63) is 53.7 Å². The van der Waals surface area contributed by atoms with Crippen molar-refractivity contribution in [2.75, 3.05) is 6.61 Å². The standard InChI is InChI=1S/C17H18N6O2/c24-17(12-9-19-22-15(12)11-5-2-1-3-6-11)18-10-14-20-16(23-21-14)13-7-4-8-25-13/h1-3,5-6,9,13H,4,7-8,10H2,(H,18,24)(H,19,22)(H,20,21,23). The quantitative estimate of drug-likeness (QED) is 0.659. The molecule has 1 aromatic carbocycles. The Kier molecular flexibility index (Phi) is 4.26. The molecule has 1 amide bonds. The van der Waals surface area contributed by atoms with Crippen LogP contribution in [0.15, 0.2) is 36.5 Å². The lowest BCUT2D eigenvalue weighted by atomic mass is 10.1. The van der Waals surface area contributed by atoms with Gasteiger partial charge in [-0.05, 0) is 12.8 Å². The van der Waals surface area contributed by atoms with Gasteiger partial charge >= 0.3 is 0 Å². The summed E-state index contributed by atoms with van der Waals surface area (Å²) >= 11 is 0. The van der Waals surface area contributed by atoms with Crippen molar-refractivity contribution in [2.24, 2.45) is 0 Å². The zero-order valence-electron chi connectivity index (χ0n) is 13.5. The summed E-state index contributed by atoms with van der Waals surface area (Å²) in [4.78, 5) is 16.9. The van der Waals surface area contributed by atoms with E-state index in [1.165, 1.54) is 6.20 Å². The number of hydrogen-bond donors (Lipinski definition) is 3. The van der Waals surface area contributed by atoms with Crippen LogP contribution in [0.5, 0.6) is 0 Å². The van der Waals surface area contributed by atoms with Crippen LogP contribution in [0.2, 0.25) is 0 Å². The monoisotopic (exact) mass is 338 g/mol. The van der Waals surface area contributed by atoms with Crippen LogP contribution in [-0.4, -0.2) is 37.9 Å². The van der Waals surface area contributed by atoms with E-state index in [4.69, 9.17) is 4.74 Å². The molecule has 0 radical (unpaired) electrons. The predicted octanol–water partition coefficient (Wildman–Crippen LogP) is 1.98. The fourth-order valence-corrected chi connectivity index (χ4v) is 2.86. The first-order valence-electron chi connectivity index (χ1n) is 8.21. The highest BCUT2D eigenvalue weighted by molar-refractivity contribution is 5.99. The Bertz CT molecular complexity index is 851. The van der Waals surface area contributed by atoms with Crippen LogP contribution in [0, 0.1) is 0 Å². The van der Waals surface area contributed by atoms with Crippen LogP contribution >= 0.6 is 0 Å². The molecule has 0 spiro atoms. The molecule has 0 saturated carbocycles. The third-order valence-corrected chi connectivity index (χ3v) is 4.13. The molecule has 128 valence electrons. The van der Waals surface area contributed by atoms with Crippen molar-refractivity contribution in [2.45, 2.75) is 25.5 Å². The van der Waals surface area contributed by atoms with Crippen molar-refractivity contribution in [3.63, 3.8) is 0 Å². The van der Waals surface area contributed by atoms with Gasteiger partial charge in [-0.15, -0.1) is 0 Å². The molecule has 25 heavy (non-hydrogen) atoms. The lowest BCUT2D eigenvalue weighted by molar-refractivity contribution is 0.0950. The second-order valence-corrected chi connectivity index (χ2v) is 5.85. The fraction of sp³-hybridized carbons (Fsp3) is 0.294. The minimum atomic E-state index is -0.220. The Balaban J connectivity index is 1.42. The van der Waals surface area contributed by atoms with E-state index in [9.17, 15) is 4.79 Å². The Labute approximate surface area is 144 Å². The van der Waals surface area contributed by atoms with E-state index in [2.05, 4.69) is 30.7 Å². The van der Waals surface area contributed by atoms with E-state index in [1.807, 2.05) is 30.3 Å². The van der Waals surface area contributed by atoms with Crippen LogP contribution in [0.1, 0.15) is 41.0 Å².